The van der Waals surface area contributed by atoms with E-state index in [4.69, 9.17) is 5.21 Å². The summed E-state index contributed by atoms with van der Waals surface area (Å²) in [6.07, 6.45) is 1.50. The molecule has 0 aliphatic heterocycles. The van der Waals surface area contributed by atoms with E-state index < -0.39 is 0 Å². The maximum atomic E-state index is 8.74. The smallest absolute Gasteiger partial charge is 0.0758 e. The number of hydrogen-bond acceptors (Lipinski definition) is 2. The highest BCUT2D eigenvalue weighted by Crippen LogP contribution is 2.29. The molecular formula is C13H16N2O. The third-order valence-corrected chi connectivity index (χ3v) is 2.68. The van der Waals surface area contributed by atoms with Crippen molar-refractivity contribution in [2.24, 2.45) is 5.16 Å². The van der Waals surface area contributed by atoms with Crippen molar-refractivity contribution in [1.82, 2.24) is 4.98 Å². The van der Waals surface area contributed by atoms with Crippen LogP contribution in [0.15, 0.2) is 29.4 Å². The number of oxime groups is 1. The second-order valence-corrected chi connectivity index (χ2v) is 4.95. The van der Waals surface area contributed by atoms with E-state index in [9.17, 15) is 0 Å². The predicted molar refractivity (Wildman–Crippen MR) is 66.4 cm³/mol. The highest BCUT2D eigenvalue weighted by Gasteiger charge is 2.21. The SMILES string of the molecule is CC(C)(C)c1[nH]c2ccccc2c1/C=N/O. The fraction of sp³-hybridized carbons (Fsp3) is 0.308. The summed E-state index contributed by atoms with van der Waals surface area (Å²) in [5.41, 5.74) is 3.12. The van der Waals surface area contributed by atoms with Crippen molar-refractivity contribution in [3.8, 4) is 0 Å². The number of H-pyrrole nitrogens is 1. The van der Waals surface area contributed by atoms with Crippen LogP contribution in [0.1, 0.15) is 32.0 Å². The molecule has 3 nitrogen and oxygen atoms in total. The number of rotatable bonds is 1. The second kappa shape index (κ2) is 3.67. The number of nitrogens with zero attached hydrogens (tertiary/aromatic N) is 1. The van der Waals surface area contributed by atoms with Gasteiger partial charge in [-0.15, -0.1) is 0 Å². The minimum absolute atomic E-state index is 0.00442. The Balaban J connectivity index is 2.78. The molecule has 1 aromatic heterocycles. The fourth-order valence-electron chi connectivity index (χ4n) is 1.95. The normalized spacial score (nSPS) is 12.7. The van der Waals surface area contributed by atoms with Gasteiger partial charge in [-0.3, -0.25) is 0 Å². The Hall–Kier alpha value is -1.77. The number of fused-ring (bicyclic) bond motifs is 1. The Morgan fingerprint density at radius 1 is 1.25 bits per heavy atom. The number of nitrogens with one attached hydrogen (secondary N) is 1. The number of hydrogen-bond donors (Lipinski definition) is 2. The zero-order valence-electron chi connectivity index (χ0n) is 9.78. The minimum atomic E-state index is -0.00442. The van der Waals surface area contributed by atoms with Gasteiger partial charge in [-0.2, -0.15) is 0 Å². The van der Waals surface area contributed by atoms with Gasteiger partial charge in [-0.1, -0.05) is 44.1 Å². The molecule has 0 saturated heterocycles. The van der Waals surface area contributed by atoms with Crippen molar-refractivity contribution in [2.75, 3.05) is 0 Å². The lowest BCUT2D eigenvalue weighted by molar-refractivity contribution is 0.322. The first-order valence-corrected chi connectivity index (χ1v) is 5.32. The minimum Gasteiger partial charge on any atom is -0.411 e. The topological polar surface area (TPSA) is 48.4 Å². The predicted octanol–water partition coefficient (Wildman–Crippen LogP) is 3.27. The molecule has 0 saturated carbocycles. The van der Waals surface area contributed by atoms with E-state index in [-0.39, 0.29) is 5.41 Å². The zero-order valence-corrected chi connectivity index (χ0v) is 9.78. The summed E-state index contributed by atoms with van der Waals surface area (Å²) in [5.74, 6) is 0. The summed E-state index contributed by atoms with van der Waals surface area (Å²) in [5, 5.41) is 13.0. The first-order valence-electron chi connectivity index (χ1n) is 5.32. The molecule has 0 fully saturated rings. The van der Waals surface area contributed by atoms with Gasteiger partial charge in [0.05, 0.1) is 6.21 Å². The second-order valence-electron chi connectivity index (χ2n) is 4.95. The van der Waals surface area contributed by atoms with Crippen molar-refractivity contribution >= 4 is 17.1 Å². The highest BCUT2D eigenvalue weighted by atomic mass is 16.4. The molecule has 16 heavy (non-hydrogen) atoms. The van der Waals surface area contributed by atoms with Gasteiger partial charge < -0.3 is 10.2 Å². The van der Waals surface area contributed by atoms with Crippen LogP contribution < -0.4 is 0 Å². The summed E-state index contributed by atoms with van der Waals surface area (Å²) in [6, 6.07) is 8.03. The first-order chi connectivity index (χ1) is 7.54. The lowest BCUT2D eigenvalue weighted by Crippen LogP contribution is -2.14. The van der Waals surface area contributed by atoms with E-state index in [1.807, 2.05) is 24.3 Å². The standard InChI is InChI=1S/C13H16N2O/c1-13(2,3)12-10(8-14-16)9-6-4-5-7-11(9)15-12/h4-8,15-16H,1-3H3/b14-8+. The molecule has 0 bridgehead atoms. The van der Waals surface area contributed by atoms with Crippen molar-refractivity contribution in [3.63, 3.8) is 0 Å². The van der Waals surface area contributed by atoms with E-state index in [0.29, 0.717) is 0 Å². The molecule has 1 heterocycles. The van der Waals surface area contributed by atoms with Crippen molar-refractivity contribution in [2.45, 2.75) is 26.2 Å². The maximum absolute atomic E-state index is 8.74. The van der Waals surface area contributed by atoms with E-state index in [1.54, 1.807) is 0 Å². The monoisotopic (exact) mass is 216 g/mol. The molecule has 3 heteroatoms. The first kappa shape index (κ1) is 10.7. The van der Waals surface area contributed by atoms with Gasteiger partial charge in [0.25, 0.3) is 0 Å². The summed E-state index contributed by atoms with van der Waals surface area (Å²) in [6.45, 7) is 6.39. The zero-order chi connectivity index (χ0) is 11.8. The lowest BCUT2D eigenvalue weighted by Gasteiger charge is -2.17. The van der Waals surface area contributed by atoms with Gasteiger partial charge >= 0.3 is 0 Å². The molecule has 2 rings (SSSR count). The van der Waals surface area contributed by atoms with E-state index >= 15 is 0 Å². The molecule has 1 aromatic carbocycles. The molecule has 0 spiro atoms. The van der Waals surface area contributed by atoms with E-state index in [0.717, 1.165) is 22.2 Å². The molecule has 0 atom stereocenters. The van der Waals surface area contributed by atoms with Gasteiger partial charge in [0.15, 0.2) is 0 Å². The molecule has 0 unspecified atom stereocenters. The summed E-state index contributed by atoms with van der Waals surface area (Å²) in [4.78, 5) is 3.39. The van der Waals surface area contributed by atoms with Crippen molar-refractivity contribution in [1.29, 1.82) is 0 Å². The molecule has 0 aliphatic rings. The van der Waals surface area contributed by atoms with Crippen LogP contribution in [0.3, 0.4) is 0 Å². The van der Waals surface area contributed by atoms with Crippen LogP contribution in [-0.4, -0.2) is 16.4 Å². The van der Waals surface area contributed by atoms with Crippen LogP contribution in [0.25, 0.3) is 10.9 Å². The molecule has 0 radical (unpaired) electrons. The Morgan fingerprint density at radius 3 is 2.56 bits per heavy atom. The Kier molecular flexibility index (Phi) is 2.46. The van der Waals surface area contributed by atoms with Crippen LogP contribution in [-0.2, 0) is 5.41 Å². The average molecular weight is 216 g/mol. The third-order valence-electron chi connectivity index (χ3n) is 2.68. The van der Waals surface area contributed by atoms with Crippen LogP contribution in [0.2, 0.25) is 0 Å². The summed E-state index contributed by atoms with van der Waals surface area (Å²) < 4.78 is 0. The summed E-state index contributed by atoms with van der Waals surface area (Å²) in [7, 11) is 0. The number of benzene rings is 1. The molecule has 2 N–H and O–H groups in total. The van der Waals surface area contributed by atoms with Crippen LogP contribution >= 0.6 is 0 Å². The fourth-order valence-corrected chi connectivity index (χ4v) is 1.95. The van der Waals surface area contributed by atoms with Crippen LogP contribution in [0.4, 0.5) is 0 Å². The van der Waals surface area contributed by atoms with Gasteiger partial charge in [0.2, 0.25) is 0 Å². The molecule has 0 aliphatic carbocycles. The van der Waals surface area contributed by atoms with Gasteiger partial charge in [-0.05, 0) is 6.07 Å². The average Bonchev–Trinajstić information content (AvgIpc) is 2.58. The Bertz CT molecular complexity index is 532. The van der Waals surface area contributed by atoms with Crippen LogP contribution in [0, 0.1) is 0 Å². The lowest BCUT2D eigenvalue weighted by atomic mass is 9.89. The van der Waals surface area contributed by atoms with Gasteiger partial charge in [0, 0.05) is 27.6 Å². The quantitative estimate of drug-likeness (QED) is 0.429. The van der Waals surface area contributed by atoms with Crippen molar-refractivity contribution in [3.05, 3.63) is 35.5 Å². The van der Waals surface area contributed by atoms with E-state index in [2.05, 4.69) is 30.9 Å². The highest BCUT2D eigenvalue weighted by molar-refractivity contribution is 6.00. The summed E-state index contributed by atoms with van der Waals surface area (Å²) >= 11 is 0. The maximum Gasteiger partial charge on any atom is 0.0758 e. The largest absolute Gasteiger partial charge is 0.411 e. The Labute approximate surface area is 94.8 Å². The Morgan fingerprint density at radius 2 is 1.94 bits per heavy atom. The third kappa shape index (κ3) is 1.69. The number of aromatic amines is 1. The molecule has 84 valence electrons. The van der Waals surface area contributed by atoms with Crippen LogP contribution in [0.5, 0.6) is 0 Å². The van der Waals surface area contributed by atoms with E-state index in [1.165, 1.54) is 6.21 Å². The number of aromatic nitrogens is 1. The van der Waals surface area contributed by atoms with Gasteiger partial charge in [0.1, 0.15) is 0 Å². The van der Waals surface area contributed by atoms with Gasteiger partial charge in [-0.25, -0.2) is 0 Å². The molecule has 0 amide bonds. The molecular weight excluding hydrogens is 200 g/mol. The van der Waals surface area contributed by atoms with Crippen molar-refractivity contribution < 1.29 is 5.21 Å². The molecule has 2 aromatic rings. The number of para-hydroxylation sites is 1.